The first-order valence-corrected chi connectivity index (χ1v) is 7.26. The topological polar surface area (TPSA) is 60.9 Å². The Hall–Kier alpha value is -1.26. The van der Waals surface area contributed by atoms with Crippen LogP contribution in [0.5, 0.6) is 0 Å². The predicted octanol–water partition coefficient (Wildman–Crippen LogP) is 2.03. The van der Waals surface area contributed by atoms with Crippen molar-refractivity contribution in [3.05, 3.63) is 0 Å². The molecule has 1 N–H and O–H groups in total. The Balaban J connectivity index is 1.97. The van der Waals surface area contributed by atoms with Crippen LogP contribution >= 0.6 is 0 Å². The van der Waals surface area contributed by atoms with Crippen LogP contribution in [0.1, 0.15) is 39.5 Å². The number of carbonyl (C=O) groups excluding carboxylic acids is 1. The summed E-state index contributed by atoms with van der Waals surface area (Å²) in [6.45, 7) is 6.66. The number of carbonyl (C=O) groups is 2. The molecule has 19 heavy (non-hydrogen) atoms. The van der Waals surface area contributed by atoms with Gasteiger partial charge in [0.05, 0.1) is 5.41 Å². The maximum atomic E-state index is 12.4. The zero-order valence-electron chi connectivity index (χ0n) is 11.9. The molecular formula is C14H24N2O3. The quantitative estimate of drug-likeness (QED) is 0.833. The number of carboxylic acids is 1. The van der Waals surface area contributed by atoms with Crippen molar-refractivity contribution in [2.45, 2.75) is 39.5 Å². The van der Waals surface area contributed by atoms with Gasteiger partial charge in [0.2, 0.25) is 0 Å². The third-order valence-corrected chi connectivity index (χ3v) is 4.81. The highest BCUT2D eigenvalue weighted by atomic mass is 16.4. The lowest BCUT2D eigenvalue weighted by Crippen LogP contribution is -2.46. The Labute approximate surface area is 114 Å². The van der Waals surface area contributed by atoms with Gasteiger partial charge in [-0.15, -0.1) is 0 Å². The molecule has 0 spiro atoms. The van der Waals surface area contributed by atoms with Crippen molar-refractivity contribution < 1.29 is 14.7 Å². The molecule has 1 unspecified atom stereocenters. The summed E-state index contributed by atoms with van der Waals surface area (Å²) in [5, 5.41) is 9.36. The predicted molar refractivity (Wildman–Crippen MR) is 71.9 cm³/mol. The first-order valence-electron chi connectivity index (χ1n) is 7.26. The van der Waals surface area contributed by atoms with Crippen LogP contribution in [0.3, 0.4) is 0 Å². The van der Waals surface area contributed by atoms with E-state index in [4.69, 9.17) is 0 Å². The average molecular weight is 268 g/mol. The van der Waals surface area contributed by atoms with E-state index in [-0.39, 0.29) is 6.03 Å². The fourth-order valence-electron chi connectivity index (χ4n) is 3.05. The molecule has 0 aromatic heterocycles. The van der Waals surface area contributed by atoms with E-state index in [2.05, 4.69) is 6.92 Å². The Bertz CT molecular complexity index is 364. The van der Waals surface area contributed by atoms with E-state index in [9.17, 15) is 14.7 Å². The standard InChI is InChI=1S/C14H24N2O3/c1-3-14(12(17)18)6-9-16(10-14)13(19)15-7-4-11(2)5-8-15/h11H,3-10H2,1-2H3,(H,17,18). The molecule has 2 saturated heterocycles. The van der Waals surface area contributed by atoms with Crippen molar-refractivity contribution in [2.24, 2.45) is 11.3 Å². The number of urea groups is 1. The Morgan fingerprint density at radius 3 is 2.32 bits per heavy atom. The van der Waals surface area contributed by atoms with Gasteiger partial charge in [0.25, 0.3) is 0 Å². The zero-order chi connectivity index (χ0) is 14.0. The minimum absolute atomic E-state index is 0.0310. The second-order valence-electron chi connectivity index (χ2n) is 6.06. The molecule has 5 heteroatoms. The Kier molecular flexibility index (Phi) is 4.02. The fourth-order valence-corrected chi connectivity index (χ4v) is 3.05. The van der Waals surface area contributed by atoms with Crippen molar-refractivity contribution in [1.29, 1.82) is 0 Å². The number of hydrogen-bond acceptors (Lipinski definition) is 2. The van der Waals surface area contributed by atoms with Crippen LogP contribution in [-0.2, 0) is 4.79 Å². The van der Waals surface area contributed by atoms with Gasteiger partial charge >= 0.3 is 12.0 Å². The molecule has 0 radical (unpaired) electrons. The second kappa shape index (κ2) is 5.39. The minimum atomic E-state index is -0.766. The van der Waals surface area contributed by atoms with Crippen molar-refractivity contribution in [3.8, 4) is 0 Å². The third-order valence-electron chi connectivity index (χ3n) is 4.81. The smallest absolute Gasteiger partial charge is 0.320 e. The van der Waals surface area contributed by atoms with Crippen LogP contribution < -0.4 is 0 Å². The maximum Gasteiger partial charge on any atom is 0.320 e. The third kappa shape index (κ3) is 2.69. The highest BCUT2D eigenvalue weighted by Crippen LogP contribution is 2.35. The van der Waals surface area contributed by atoms with Gasteiger partial charge in [-0.2, -0.15) is 0 Å². The van der Waals surface area contributed by atoms with E-state index in [1.165, 1.54) is 0 Å². The Morgan fingerprint density at radius 2 is 1.84 bits per heavy atom. The van der Waals surface area contributed by atoms with Crippen LogP contribution in [0.15, 0.2) is 0 Å². The van der Waals surface area contributed by atoms with Crippen molar-refractivity contribution in [2.75, 3.05) is 26.2 Å². The summed E-state index contributed by atoms with van der Waals surface area (Å²) in [6.07, 6.45) is 3.27. The first-order chi connectivity index (χ1) is 8.98. The lowest BCUT2D eigenvalue weighted by atomic mass is 9.84. The molecule has 0 aromatic carbocycles. The summed E-state index contributed by atoms with van der Waals surface area (Å²) in [5.41, 5.74) is -0.723. The summed E-state index contributed by atoms with van der Waals surface area (Å²) in [6, 6.07) is 0.0310. The lowest BCUT2D eigenvalue weighted by molar-refractivity contribution is -0.148. The molecule has 0 saturated carbocycles. The number of carboxylic acid groups (broad SMARTS) is 1. The molecule has 2 heterocycles. The van der Waals surface area contributed by atoms with E-state index in [1.54, 1.807) is 4.90 Å². The van der Waals surface area contributed by atoms with Gasteiger partial charge in [-0.3, -0.25) is 4.79 Å². The van der Waals surface area contributed by atoms with Gasteiger partial charge in [0.15, 0.2) is 0 Å². The number of amides is 2. The van der Waals surface area contributed by atoms with Crippen molar-refractivity contribution in [3.63, 3.8) is 0 Å². The molecular weight excluding hydrogens is 244 g/mol. The van der Waals surface area contributed by atoms with Crippen molar-refractivity contribution in [1.82, 2.24) is 9.80 Å². The van der Waals surface area contributed by atoms with Gasteiger partial charge in [-0.25, -0.2) is 4.79 Å². The molecule has 108 valence electrons. The number of likely N-dealkylation sites (tertiary alicyclic amines) is 2. The zero-order valence-corrected chi connectivity index (χ0v) is 11.9. The molecule has 1 atom stereocenters. The van der Waals surface area contributed by atoms with Crippen LogP contribution in [0.4, 0.5) is 4.79 Å². The summed E-state index contributed by atoms with van der Waals surface area (Å²) in [5.74, 6) is -0.0750. The normalized spacial score (nSPS) is 28.7. The largest absolute Gasteiger partial charge is 0.481 e. The summed E-state index contributed by atoms with van der Waals surface area (Å²) in [7, 11) is 0. The fraction of sp³-hybridized carbons (Fsp3) is 0.857. The first kappa shape index (κ1) is 14.2. The minimum Gasteiger partial charge on any atom is -0.481 e. The number of hydrogen-bond donors (Lipinski definition) is 1. The highest BCUT2D eigenvalue weighted by molar-refractivity contribution is 5.79. The molecule has 2 aliphatic rings. The van der Waals surface area contributed by atoms with Crippen LogP contribution in [0, 0.1) is 11.3 Å². The lowest BCUT2D eigenvalue weighted by Gasteiger charge is -2.34. The van der Waals surface area contributed by atoms with Gasteiger partial charge < -0.3 is 14.9 Å². The summed E-state index contributed by atoms with van der Waals surface area (Å²) in [4.78, 5) is 27.4. The molecule has 0 bridgehead atoms. The SMILES string of the molecule is CCC1(C(=O)O)CCN(C(=O)N2CCC(C)CC2)C1. The van der Waals surface area contributed by atoms with E-state index < -0.39 is 11.4 Å². The number of nitrogens with zero attached hydrogens (tertiary/aromatic N) is 2. The molecule has 5 nitrogen and oxygen atoms in total. The van der Waals surface area contributed by atoms with Crippen molar-refractivity contribution >= 4 is 12.0 Å². The summed E-state index contributed by atoms with van der Waals surface area (Å²) < 4.78 is 0. The summed E-state index contributed by atoms with van der Waals surface area (Å²) >= 11 is 0. The van der Waals surface area contributed by atoms with E-state index in [1.807, 2.05) is 11.8 Å². The molecule has 2 aliphatic heterocycles. The average Bonchev–Trinajstić information content (AvgIpc) is 2.84. The maximum absolute atomic E-state index is 12.4. The Morgan fingerprint density at radius 1 is 1.21 bits per heavy atom. The van der Waals surface area contributed by atoms with Crippen LogP contribution in [0.2, 0.25) is 0 Å². The monoisotopic (exact) mass is 268 g/mol. The number of piperidine rings is 1. The van der Waals surface area contributed by atoms with E-state index in [0.29, 0.717) is 31.8 Å². The molecule has 0 aromatic rings. The van der Waals surface area contributed by atoms with E-state index in [0.717, 1.165) is 25.9 Å². The van der Waals surface area contributed by atoms with Crippen LogP contribution in [-0.4, -0.2) is 53.1 Å². The van der Waals surface area contributed by atoms with Gasteiger partial charge in [-0.05, 0) is 31.6 Å². The van der Waals surface area contributed by atoms with Gasteiger partial charge in [-0.1, -0.05) is 13.8 Å². The number of rotatable bonds is 2. The van der Waals surface area contributed by atoms with Gasteiger partial charge in [0.1, 0.15) is 0 Å². The molecule has 2 fully saturated rings. The molecule has 2 amide bonds. The van der Waals surface area contributed by atoms with Crippen LogP contribution in [0.25, 0.3) is 0 Å². The van der Waals surface area contributed by atoms with Gasteiger partial charge in [0, 0.05) is 26.2 Å². The second-order valence-corrected chi connectivity index (χ2v) is 6.06. The molecule has 2 rings (SSSR count). The number of aliphatic carboxylic acids is 1. The molecule has 0 aliphatic carbocycles. The highest BCUT2D eigenvalue weighted by Gasteiger charge is 2.45. The van der Waals surface area contributed by atoms with E-state index >= 15 is 0 Å².